The molecule has 0 aromatic rings. The minimum atomic E-state index is -4.14. The predicted molar refractivity (Wildman–Crippen MR) is 97.5 cm³/mol. The average molecular weight is 442 g/mol. The van der Waals surface area contributed by atoms with E-state index in [1.54, 1.807) is 27.7 Å². The van der Waals surface area contributed by atoms with E-state index in [0.29, 0.717) is 13.0 Å². The number of nitrogens with two attached hydrogens (primary N) is 2. The van der Waals surface area contributed by atoms with Gasteiger partial charge in [-0.2, -0.15) is 8.42 Å². The van der Waals surface area contributed by atoms with Crippen LogP contribution in [-0.4, -0.2) is 74.9 Å². The van der Waals surface area contributed by atoms with Gasteiger partial charge in [-0.1, -0.05) is 0 Å². The van der Waals surface area contributed by atoms with Crippen molar-refractivity contribution in [3.8, 4) is 0 Å². The molecule has 3 aliphatic heterocycles. The lowest BCUT2D eigenvalue weighted by molar-refractivity contribution is -0.290. The van der Waals surface area contributed by atoms with E-state index in [9.17, 15) is 13.2 Å². The molecule has 29 heavy (non-hydrogen) atoms. The number of carboxylic acid groups (broad SMARTS) is 1. The summed E-state index contributed by atoms with van der Waals surface area (Å²) in [5.41, 5.74) is 5.01. The van der Waals surface area contributed by atoms with E-state index in [2.05, 4.69) is 0 Å². The Morgan fingerprint density at radius 1 is 1.17 bits per heavy atom. The number of hydrogen-bond donors (Lipinski definition) is 3. The van der Waals surface area contributed by atoms with Gasteiger partial charge in [0.05, 0.1) is 6.61 Å². The minimum absolute atomic E-state index is 0.165. The third kappa shape index (κ3) is 6.54. The molecule has 0 amide bonds. The standard InChI is InChI=1S/C12H21NO8S.C4H9NO2/c1-10(2)18-7-5-16-12(6-17-22(13,14)15)9(8(7)19-10)20-11(3,4)21-12;5-3-1-2-4(6)7/h7-9H,5-6H2,1-4H3,(H2,13,14,15);1-3,5H2,(H,6,7)/t7-,8-,9+,12+;/m1./s1. The predicted octanol–water partition coefficient (Wildman–Crippen LogP) is -0.585. The van der Waals surface area contributed by atoms with Gasteiger partial charge in [0, 0.05) is 6.42 Å². The molecule has 170 valence electrons. The van der Waals surface area contributed by atoms with Gasteiger partial charge in [-0.3, -0.25) is 8.98 Å². The first-order valence-electron chi connectivity index (χ1n) is 9.15. The molecule has 3 aliphatic rings. The fourth-order valence-electron chi connectivity index (χ4n) is 3.37. The zero-order valence-electron chi connectivity index (χ0n) is 17.0. The van der Waals surface area contributed by atoms with Crippen LogP contribution in [0.15, 0.2) is 0 Å². The lowest BCUT2D eigenvalue weighted by Gasteiger charge is -2.40. The molecule has 3 saturated heterocycles. The summed E-state index contributed by atoms with van der Waals surface area (Å²) in [4.78, 5) is 9.70. The molecule has 5 N–H and O–H groups in total. The van der Waals surface area contributed by atoms with Crippen molar-refractivity contribution in [2.75, 3.05) is 19.8 Å². The summed E-state index contributed by atoms with van der Waals surface area (Å²) < 4.78 is 55.9. The summed E-state index contributed by atoms with van der Waals surface area (Å²) in [6.45, 7) is 7.17. The summed E-state index contributed by atoms with van der Waals surface area (Å²) in [5.74, 6) is -3.96. The van der Waals surface area contributed by atoms with Crippen molar-refractivity contribution >= 4 is 16.3 Å². The van der Waals surface area contributed by atoms with Crippen LogP contribution in [0.25, 0.3) is 0 Å². The summed E-state index contributed by atoms with van der Waals surface area (Å²) >= 11 is 0. The molecule has 3 heterocycles. The number of aliphatic carboxylic acids is 1. The van der Waals surface area contributed by atoms with Crippen molar-refractivity contribution in [3.05, 3.63) is 0 Å². The number of carboxylic acids is 1. The van der Waals surface area contributed by atoms with Crippen LogP contribution in [0.3, 0.4) is 0 Å². The first-order chi connectivity index (χ1) is 13.2. The second-order valence-corrected chi connectivity index (χ2v) is 9.06. The van der Waals surface area contributed by atoms with E-state index in [1.807, 2.05) is 0 Å². The molecular weight excluding hydrogens is 412 g/mol. The van der Waals surface area contributed by atoms with Gasteiger partial charge in [-0.25, -0.2) is 5.14 Å². The molecule has 0 radical (unpaired) electrons. The lowest BCUT2D eigenvalue weighted by atomic mass is 9.98. The largest absolute Gasteiger partial charge is 0.481 e. The molecule has 12 nitrogen and oxygen atoms in total. The van der Waals surface area contributed by atoms with Crippen molar-refractivity contribution in [3.63, 3.8) is 0 Å². The van der Waals surface area contributed by atoms with Crippen LogP contribution in [0.4, 0.5) is 0 Å². The highest BCUT2D eigenvalue weighted by atomic mass is 32.2. The van der Waals surface area contributed by atoms with Gasteiger partial charge in [-0.05, 0) is 40.7 Å². The Hall–Kier alpha value is -0.900. The molecule has 0 bridgehead atoms. The highest BCUT2D eigenvalue weighted by Crippen LogP contribution is 2.47. The third-order valence-electron chi connectivity index (χ3n) is 4.29. The fourth-order valence-corrected chi connectivity index (χ4v) is 3.69. The molecule has 0 aliphatic carbocycles. The Labute approximate surface area is 169 Å². The minimum Gasteiger partial charge on any atom is -0.481 e. The normalized spacial score (nSPS) is 34.6. The van der Waals surface area contributed by atoms with Crippen molar-refractivity contribution in [1.29, 1.82) is 0 Å². The van der Waals surface area contributed by atoms with Crippen molar-refractivity contribution in [2.24, 2.45) is 10.9 Å². The van der Waals surface area contributed by atoms with Gasteiger partial charge >= 0.3 is 16.3 Å². The third-order valence-corrected chi connectivity index (χ3v) is 4.74. The van der Waals surface area contributed by atoms with E-state index < -0.39 is 52.4 Å². The van der Waals surface area contributed by atoms with Gasteiger partial charge < -0.3 is 34.5 Å². The van der Waals surface area contributed by atoms with E-state index in [0.717, 1.165) is 0 Å². The van der Waals surface area contributed by atoms with Crippen molar-refractivity contribution in [2.45, 2.75) is 76.2 Å². The lowest BCUT2D eigenvalue weighted by Crippen LogP contribution is -2.60. The zero-order valence-corrected chi connectivity index (χ0v) is 17.8. The van der Waals surface area contributed by atoms with Crippen LogP contribution in [0.1, 0.15) is 40.5 Å². The first-order valence-corrected chi connectivity index (χ1v) is 10.6. The molecule has 0 aromatic carbocycles. The smallest absolute Gasteiger partial charge is 0.333 e. The summed E-state index contributed by atoms with van der Waals surface area (Å²) in [7, 11) is -4.14. The van der Waals surface area contributed by atoms with Gasteiger partial charge in [-0.15, -0.1) is 0 Å². The topological polar surface area (TPSA) is 179 Å². The van der Waals surface area contributed by atoms with Crippen LogP contribution < -0.4 is 10.9 Å². The van der Waals surface area contributed by atoms with Gasteiger partial charge in [0.15, 0.2) is 11.6 Å². The molecule has 13 heteroatoms. The zero-order chi connectivity index (χ0) is 22.1. The van der Waals surface area contributed by atoms with E-state index in [-0.39, 0.29) is 19.1 Å². The molecular formula is C16H30N2O10S. The SMILES string of the molecule is CC1(C)O[C@@H]2[C@@H](CO[C@@]3(COS(N)(=O)=O)OC(C)(C)O[C@@H]23)O1.NCCCC(=O)O. The van der Waals surface area contributed by atoms with Crippen molar-refractivity contribution < 1.29 is 46.2 Å². The van der Waals surface area contributed by atoms with Crippen molar-refractivity contribution in [1.82, 2.24) is 0 Å². The van der Waals surface area contributed by atoms with Gasteiger partial charge in [0.25, 0.3) is 0 Å². The summed E-state index contributed by atoms with van der Waals surface area (Å²) in [5, 5.41) is 12.9. The van der Waals surface area contributed by atoms with Gasteiger partial charge in [0.2, 0.25) is 5.79 Å². The van der Waals surface area contributed by atoms with Crippen LogP contribution in [0.2, 0.25) is 0 Å². The highest BCUT2D eigenvalue weighted by molar-refractivity contribution is 7.84. The molecule has 0 aromatic heterocycles. The molecule has 3 fully saturated rings. The molecule has 0 saturated carbocycles. The Bertz CT molecular complexity index is 698. The maximum Gasteiger partial charge on any atom is 0.333 e. The summed E-state index contributed by atoms with van der Waals surface area (Å²) in [6, 6.07) is 0. The number of fused-ring (bicyclic) bond motifs is 3. The second-order valence-electron chi connectivity index (χ2n) is 7.84. The van der Waals surface area contributed by atoms with Crippen LogP contribution in [0.5, 0.6) is 0 Å². The quantitative estimate of drug-likeness (QED) is 0.479. The molecule has 4 atom stereocenters. The Morgan fingerprint density at radius 3 is 2.34 bits per heavy atom. The Morgan fingerprint density at radius 2 is 1.83 bits per heavy atom. The Balaban J connectivity index is 0.000000370. The number of hydrogen-bond acceptors (Lipinski definition) is 10. The molecule has 3 rings (SSSR count). The summed E-state index contributed by atoms with van der Waals surface area (Å²) in [6.07, 6.45) is -0.731. The highest BCUT2D eigenvalue weighted by Gasteiger charge is 2.65. The second kappa shape index (κ2) is 8.69. The van der Waals surface area contributed by atoms with E-state index >= 15 is 0 Å². The average Bonchev–Trinajstić information content (AvgIpc) is 3.02. The van der Waals surface area contributed by atoms with Gasteiger partial charge in [0.1, 0.15) is 24.9 Å². The fraction of sp³-hybridized carbons (Fsp3) is 0.938. The molecule has 0 spiro atoms. The first kappa shape index (κ1) is 24.4. The van der Waals surface area contributed by atoms with E-state index in [4.69, 9.17) is 43.8 Å². The molecule has 0 unspecified atom stereocenters. The van der Waals surface area contributed by atoms with Crippen LogP contribution in [-0.2, 0) is 43.0 Å². The van der Waals surface area contributed by atoms with Crippen LogP contribution in [0, 0.1) is 0 Å². The Kier molecular flexibility index (Phi) is 7.30. The monoisotopic (exact) mass is 442 g/mol. The number of ether oxygens (including phenoxy) is 5. The maximum atomic E-state index is 11.1. The number of carbonyl (C=O) groups is 1. The van der Waals surface area contributed by atoms with Crippen LogP contribution >= 0.6 is 0 Å². The maximum absolute atomic E-state index is 11.1. The van der Waals surface area contributed by atoms with E-state index in [1.165, 1.54) is 0 Å². The number of rotatable bonds is 6.